The molecule has 0 unspecified atom stereocenters. The summed E-state index contributed by atoms with van der Waals surface area (Å²) in [7, 11) is 0. The summed E-state index contributed by atoms with van der Waals surface area (Å²) in [5, 5.41) is 0. The fourth-order valence-corrected chi connectivity index (χ4v) is 1.53. The van der Waals surface area contributed by atoms with Gasteiger partial charge in [0.25, 0.3) is 0 Å². The van der Waals surface area contributed by atoms with Crippen LogP contribution in [0.25, 0.3) is 0 Å². The second-order valence-electron chi connectivity index (χ2n) is 4.21. The van der Waals surface area contributed by atoms with Crippen molar-refractivity contribution in [3.63, 3.8) is 0 Å². The average Bonchev–Trinajstić information content (AvgIpc) is 1.46. The number of alkyl halides is 3. The molecule has 0 N–H and O–H groups in total. The van der Waals surface area contributed by atoms with Crippen molar-refractivity contribution in [3.05, 3.63) is 0 Å². The molecule has 0 aliphatic carbocycles. The van der Waals surface area contributed by atoms with Gasteiger partial charge in [0.1, 0.15) is 6.04 Å². The van der Waals surface area contributed by atoms with Crippen LogP contribution in [0.3, 0.4) is 0 Å². The minimum absolute atomic E-state index is 0.251. The maximum Gasteiger partial charge on any atom is 0.404 e. The molecule has 12 heavy (non-hydrogen) atoms. The van der Waals surface area contributed by atoms with E-state index in [-0.39, 0.29) is 12.0 Å². The molecule has 1 heterocycles. The van der Waals surface area contributed by atoms with Gasteiger partial charge in [0.2, 0.25) is 0 Å². The fraction of sp³-hybridized carbons (Fsp3) is 1.00. The Kier molecular flexibility index (Phi) is 2.15. The normalized spacial score (nSPS) is 27.0. The van der Waals surface area contributed by atoms with E-state index in [2.05, 4.69) is 0 Å². The number of nitrogens with zero attached hydrogens (tertiary/aromatic N) is 1. The number of hydrogen-bond acceptors (Lipinski definition) is 1. The van der Waals surface area contributed by atoms with Gasteiger partial charge in [-0.15, -0.1) is 0 Å². The molecule has 1 atom stereocenters. The number of likely N-dealkylation sites (tertiary alicyclic amines) is 1. The lowest BCUT2D eigenvalue weighted by Crippen LogP contribution is -2.62. The van der Waals surface area contributed by atoms with E-state index < -0.39 is 12.2 Å². The highest BCUT2D eigenvalue weighted by Crippen LogP contribution is 2.37. The first-order valence-corrected chi connectivity index (χ1v) is 4.06. The fourth-order valence-electron chi connectivity index (χ4n) is 1.53. The van der Waals surface area contributed by atoms with Crippen LogP contribution in [0.1, 0.15) is 27.2 Å². The average molecular weight is 181 g/mol. The molecule has 1 fully saturated rings. The highest BCUT2D eigenvalue weighted by molar-refractivity contribution is 4.95. The summed E-state index contributed by atoms with van der Waals surface area (Å²) < 4.78 is 36.7. The van der Waals surface area contributed by atoms with Crippen LogP contribution in [0.5, 0.6) is 0 Å². The van der Waals surface area contributed by atoms with E-state index in [1.54, 1.807) is 0 Å². The predicted molar refractivity (Wildman–Crippen MR) is 40.9 cm³/mol. The Labute approximate surface area is 70.5 Å². The summed E-state index contributed by atoms with van der Waals surface area (Å²) in [6.45, 7) is 5.99. The molecule has 1 aliphatic rings. The quantitative estimate of drug-likeness (QED) is 0.554. The van der Waals surface area contributed by atoms with Crippen LogP contribution in [0.15, 0.2) is 0 Å². The predicted octanol–water partition coefficient (Wildman–Crippen LogP) is 2.42. The molecular weight excluding hydrogens is 167 g/mol. The second-order valence-corrected chi connectivity index (χ2v) is 4.21. The van der Waals surface area contributed by atoms with Crippen molar-refractivity contribution in [1.82, 2.24) is 4.90 Å². The molecule has 0 bridgehead atoms. The minimum atomic E-state index is -4.05. The Bertz CT molecular complexity index is 148. The molecule has 72 valence electrons. The molecule has 0 amide bonds. The van der Waals surface area contributed by atoms with Crippen LogP contribution in [-0.4, -0.2) is 29.2 Å². The van der Waals surface area contributed by atoms with E-state index in [1.165, 1.54) is 4.90 Å². The van der Waals surface area contributed by atoms with Crippen molar-refractivity contribution in [3.8, 4) is 0 Å². The van der Waals surface area contributed by atoms with Crippen molar-refractivity contribution in [2.45, 2.75) is 44.9 Å². The summed E-state index contributed by atoms with van der Waals surface area (Å²) in [5.41, 5.74) is -0.363. The molecule has 1 saturated heterocycles. The molecule has 0 saturated carbocycles. The van der Waals surface area contributed by atoms with Gasteiger partial charge in [-0.2, -0.15) is 13.2 Å². The van der Waals surface area contributed by atoms with Crippen molar-refractivity contribution < 1.29 is 13.2 Å². The third-order valence-electron chi connectivity index (χ3n) is 2.26. The molecule has 1 nitrogen and oxygen atoms in total. The van der Waals surface area contributed by atoms with Crippen molar-refractivity contribution in [2.24, 2.45) is 0 Å². The topological polar surface area (TPSA) is 3.24 Å². The van der Waals surface area contributed by atoms with Gasteiger partial charge in [0.15, 0.2) is 0 Å². The third-order valence-corrected chi connectivity index (χ3v) is 2.26. The summed E-state index contributed by atoms with van der Waals surface area (Å²) in [5.74, 6) is 0. The summed E-state index contributed by atoms with van der Waals surface area (Å²) in [6.07, 6.45) is -3.80. The first kappa shape index (κ1) is 9.84. The number of halogens is 3. The second kappa shape index (κ2) is 2.62. The lowest BCUT2D eigenvalue weighted by molar-refractivity contribution is -0.226. The largest absolute Gasteiger partial charge is 0.404 e. The Morgan fingerprint density at radius 2 is 1.67 bits per heavy atom. The van der Waals surface area contributed by atoms with Gasteiger partial charge in [-0.3, -0.25) is 4.90 Å². The SMILES string of the molecule is CC(C)(C)N1CC[C@@H]1C(F)(F)F. The Hall–Kier alpha value is -0.250. The lowest BCUT2D eigenvalue weighted by atomic mass is 9.93. The maximum atomic E-state index is 12.2. The summed E-state index contributed by atoms with van der Waals surface area (Å²) in [6, 6.07) is -1.21. The first-order valence-electron chi connectivity index (χ1n) is 4.06. The van der Waals surface area contributed by atoms with E-state index >= 15 is 0 Å². The zero-order valence-corrected chi connectivity index (χ0v) is 7.57. The van der Waals surface area contributed by atoms with E-state index in [9.17, 15) is 13.2 Å². The highest BCUT2D eigenvalue weighted by Gasteiger charge is 2.51. The van der Waals surface area contributed by atoms with Crippen LogP contribution in [0, 0.1) is 0 Å². The maximum absolute atomic E-state index is 12.2. The molecule has 4 heteroatoms. The first-order chi connectivity index (χ1) is 5.23. The van der Waals surface area contributed by atoms with Crippen LogP contribution in [0.2, 0.25) is 0 Å². The van der Waals surface area contributed by atoms with E-state index in [0.717, 1.165) is 0 Å². The van der Waals surface area contributed by atoms with Gasteiger partial charge in [0.05, 0.1) is 0 Å². The molecule has 0 aromatic rings. The smallest absolute Gasteiger partial charge is 0.287 e. The van der Waals surface area contributed by atoms with Crippen LogP contribution in [0.4, 0.5) is 13.2 Å². The summed E-state index contributed by atoms with van der Waals surface area (Å²) >= 11 is 0. The zero-order chi connectivity index (χ0) is 9.57. The van der Waals surface area contributed by atoms with Gasteiger partial charge in [-0.1, -0.05) is 0 Å². The van der Waals surface area contributed by atoms with Crippen molar-refractivity contribution in [1.29, 1.82) is 0 Å². The Morgan fingerprint density at radius 3 is 1.75 bits per heavy atom. The zero-order valence-electron chi connectivity index (χ0n) is 7.57. The van der Waals surface area contributed by atoms with E-state index in [0.29, 0.717) is 6.54 Å². The molecule has 1 rings (SSSR count). The molecule has 1 aliphatic heterocycles. The Balaban J connectivity index is 2.62. The van der Waals surface area contributed by atoms with Gasteiger partial charge in [-0.05, 0) is 27.2 Å². The van der Waals surface area contributed by atoms with Crippen LogP contribution in [-0.2, 0) is 0 Å². The van der Waals surface area contributed by atoms with E-state index in [4.69, 9.17) is 0 Å². The van der Waals surface area contributed by atoms with Crippen LogP contribution >= 0.6 is 0 Å². The van der Waals surface area contributed by atoms with Crippen molar-refractivity contribution in [2.75, 3.05) is 6.54 Å². The monoisotopic (exact) mass is 181 g/mol. The summed E-state index contributed by atoms with van der Waals surface area (Å²) in [4.78, 5) is 1.49. The van der Waals surface area contributed by atoms with Gasteiger partial charge in [0, 0.05) is 12.1 Å². The molecular formula is C8H14F3N. The Morgan fingerprint density at radius 1 is 1.17 bits per heavy atom. The highest BCUT2D eigenvalue weighted by atomic mass is 19.4. The van der Waals surface area contributed by atoms with Crippen molar-refractivity contribution >= 4 is 0 Å². The number of rotatable bonds is 0. The minimum Gasteiger partial charge on any atom is -0.287 e. The molecule has 0 aromatic heterocycles. The van der Waals surface area contributed by atoms with E-state index in [1.807, 2.05) is 20.8 Å². The molecule has 0 radical (unpaired) electrons. The van der Waals surface area contributed by atoms with Gasteiger partial charge >= 0.3 is 6.18 Å². The van der Waals surface area contributed by atoms with Gasteiger partial charge in [-0.25, -0.2) is 0 Å². The molecule has 0 aromatic carbocycles. The van der Waals surface area contributed by atoms with Gasteiger partial charge < -0.3 is 0 Å². The third kappa shape index (κ3) is 1.73. The molecule has 0 spiro atoms. The van der Waals surface area contributed by atoms with Crippen LogP contribution < -0.4 is 0 Å². The number of hydrogen-bond donors (Lipinski definition) is 0. The standard InChI is InChI=1S/C8H14F3N/c1-7(2,3)12-5-4-6(12)8(9,10)11/h6H,4-5H2,1-3H3/t6-/m1/s1. The lowest BCUT2D eigenvalue weighted by Gasteiger charge is -2.49.